The fourth-order valence-electron chi connectivity index (χ4n) is 2.68. The van der Waals surface area contributed by atoms with Crippen molar-refractivity contribution < 1.29 is 18.1 Å². The first-order chi connectivity index (χ1) is 12.7. The van der Waals surface area contributed by atoms with E-state index in [0.29, 0.717) is 18.7 Å². The fourth-order valence-corrected chi connectivity index (χ4v) is 4.64. The maximum Gasteiger partial charge on any atom is 0.288 e. The van der Waals surface area contributed by atoms with Gasteiger partial charge in [0.05, 0.1) is 27.1 Å². The van der Waals surface area contributed by atoms with E-state index in [2.05, 4.69) is 5.32 Å². The summed E-state index contributed by atoms with van der Waals surface area (Å²) in [6, 6.07) is 8.14. The topological polar surface area (TPSA) is 110 Å². The molecule has 1 saturated heterocycles. The van der Waals surface area contributed by atoms with Gasteiger partial charge in [-0.25, -0.2) is 8.42 Å². The van der Waals surface area contributed by atoms with Gasteiger partial charge in [0.2, 0.25) is 10.0 Å². The highest BCUT2D eigenvalue weighted by atomic mass is 35.5. The first kappa shape index (κ1) is 19.4. The number of carbonyl (C=O) groups excluding carboxylic acids is 1. The lowest BCUT2D eigenvalue weighted by Crippen LogP contribution is -2.25. The molecule has 0 radical (unpaired) electrons. The molecule has 11 heteroatoms. The van der Waals surface area contributed by atoms with Crippen LogP contribution in [0.15, 0.2) is 36.4 Å². The minimum Gasteiger partial charge on any atom is -0.321 e. The van der Waals surface area contributed by atoms with Crippen molar-refractivity contribution in [2.45, 2.75) is 6.42 Å². The van der Waals surface area contributed by atoms with Crippen molar-refractivity contribution in [2.75, 3.05) is 21.9 Å². The Morgan fingerprint density at radius 2 is 1.89 bits per heavy atom. The highest BCUT2D eigenvalue weighted by Crippen LogP contribution is 2.32. The molecule has 0 spiro atoms. The second-order valence-electron chi connectivity index (χ2n) is 5.78. The van der Waals surface area contributed by atoms with Crippen LogP contribution >= 0.6 is 23.2 Å². The van der Waals surface area contributed by atoms with Crippen LogP contribution in [0.5, 0.6) is 0 Å². The summed E-state index contributed by atoms with van der Waals surface area (Å²) in [7, 11) is -3.34. The number of benzene rings is 2. The molecule has 1 aliphatic heterocycles. The molecule has 0 bridgehead atoms. The molecule has 142 valence electrons. The smallest absolute Gasteiger partial charge is 0.288 e. The molecule has 2 aromatic carbocycles. The number of amides is 1. The second-order valence-corrected chi connectivity index (χ2v) is 8.61. The Hall–Kier alpha value is -2.36. The van der Waals surface area contributed by atoms with Gasteiger partial charge in [-0.05, 0) is 36.8 Å². The summed E-state index contributed by atoms with van der Waals surface area (Å²) >= 11 is 11.9. The number of nitrogens with one attached hydrogen (secondary N) is 1. The third-order valence-electron chi connectivity index (χ3n) is 3.99. The maximum absolute atomic E-state index is 12.4. The number of anilines is 2. The average molecular weight is 430 g/mol. The molecule has 1 aliphatic rings. The quantitative estimate of drug-likeness (QED) is 0.588. The SMILES string of the molecule is O=C(Nc1ccc(N2CCCS2(=O)=O)cc1Cl)c1ccc(Cl)c([N+](=O)[O-])c1. The zero-order chi connectivity index (χ0) is 19.8. The normalized spacial score (nSPS) is 15.6. The van der Waals surface area contributed by atoms with Gasteiger partial charge in [0.15, 0.2) is 0 Å². The van der Waals surface area contributed by atoms with Crippen molar-refractivity contribution in [1.29, 1.82) is 0 Å². The number of nitro benzene ring substituents is 1. The van der Waals surface area contributed by atoms with Crippen LogP contribution in [0.25, 0.3) is 0 Å². The van der Waals surface area contributed by atoms with Crippen LogP contribution < -0.4 is 9.62 Å². The monoisotopic (exact) mass is 429 g/mol. The van der Waals surface area contributed by atoms with E-state index in [0.717, 1.165) is 6.07 Å². The standard InChI is InChI=1S/C16H13Cl2N3O5S/c17-12-4-2-10(8-15(12)21(23)24)16(22)19-14-5-3-11(9-13(14)18)20-6-1-7-27(20,25)26/h2-5,8-9H,1,6-7H2,(H,19,22). The van der Waals surface area contributed by atoms with Gasteiger partial charge >= 0.3 is 0 Å². The number of rotatable bonds is 4. The molecule has 27 heavy (non-hydrogen) atoms. The Bertz CT molecular complexity index is 1040. The van der Waals surface area contributed by atoms with Gasteiger partial charge in [-0.2, -0.15) is 0 Å². The van der Waals surface area contributed by atoms with Gasteiger partial charge in [-0.1, -0.05) is 23.2 Å². The van der Waals surface area contributed by atoms with Crippen LogP contribution in [0.2, 0.25) is 10.0 Å². The minimum atomic E-state index is -3.34. The summed E-state index contributed by atoms with van der Waals surface area (Å²) in [5.41, 5.74) is 0.315. The van der Waals surface area contributed by atoms with Gasteiger partial charge in [0, 0.05) is 18.2 Å². The van der Waals surface area contributed by atoms with E-state index in [1.807, 2.05) is 0 Å². The van der Waals surface area contributed by atoms with E-state index in [9.17, 15) is 23.3 Å². The molecule has 1 fully saturated rings. The molecule has 1 N–H and O–H groups in total. The summed E-state index contributed by atoms with van der Waals surface area (Å²) in [4.78, 5) is 22.6. The number of hydrogen-bond acceptors (Lipinski definition) is 5. The molecule has 1 amide bonds. The van der Waals surface area contributed by atoms with Gasteiger partial charge < -0.3 is 5.32 Å². The van der Waals surface area contributed by atoms with Crippen molar-refractivity contribution in [2.24, 2.45) is 0 Å². The Labute approximate surface area is 164 Å². The molecule has 2 aromatic rings. The number of nitro groups is 1. The predicted octanol–water partition coefficient (Wildman–Crippen LogP) is 3.69. The molecule has 0 aliphatic carbocycles. The Morgan fingerprint density at radius 1 is 1.15 bits per heavy atom. The van der Waals surface area contributed by atoms with Crippen molar-refractivity contribution >= 4 is 56.2 Å². The van der Waals surface area contributed by atoms with Crippen LogP contribution in [-0.2, 0) is 10.0 Å². The van der Waals surface area contributed by atoms with E-state index in [4.69, 9.17) is 23.2 Å². The molecule has 1 heterocycles. The Balaban J connectivity index is 1.83. The summed E-state index contributed by atoms with van der Waals surface area (Å²) < 4.78 is 25.2. The lowest BCUT2D eigenvalue weighted by molar-refractivity contribution is -0.384. The van der Waals surface area contributed by atoms with E-state index < -0.39 is 20.9 Å². The van der Waals surface area contributed by atoms with Crippen LogP contribution in [0.4, 0.5) is 17.1 Å². The number of carbonyl (C=O) groups is 1. The zero-order valence-electron chi connectivity index (χ0n) is 13.7. The van der Waals surface area contributed by atoms with Crippen molar-refractivity contribution in [3.63, 3.8) is 0 Å². The van der Waals surface area contributed by atoms with Crippen molar-refractivity contribution in [1.82, 2.24) is 0 Å². The maximum atomic E-state index is 12.4. The first-order valence-electron chi connectivity index (χ1n) is 7.74. The molecular weight excluding hydrogens is 417 g/mol. The van der Waals surface area contributed by atoms with Gasteiger partial charge in [-0.3, -0.25) is 19.2 Å². The van der Waals surface area contributed by atoms with Gasteiger partial charge in [0.25, 0.3) is 11.6 Å². The Kier molecular flexibility index (Phi) is 5.27. The number of sulfonamides is 1. The second kappa shape index (κ2) is 7.34. The lowest BCUT2D eigenvalue weighted by Gasteiger charge is -2.18. The highest BCUT2D eigenvalue weighted by Gasteiger charge is 2.28. The molecule has 0 aromatic heterocycles. The van der Waals surface area contributed by atoms with E-state index in [1.165, 1.54) is 34.6 Å². The highest BCUT2D eigenvalue weighted by molar-refractivity contribution is 7.93. The van der Waals surface area contributed by atoms with Crippen molar-refractivity contribution in [3.8, 4) is 0 Å². The Morgan fingerprint density at radius 3 is 2.48 bits per heavy atom. The molecule has 0 unspecified atom stereocenters. The van der Waals surface area contributed by atoms with Crippen LogP contribution in [0.3, 0.4) is 0 Å². The number of halogens is 2. The third-order valence-corrected chi connectivity index (χ3v) is 6.50. The zero-order valence-corrected chi connectivity index (χ0v) is 16.0. The molecular formula is C16H13Cl2N3O5S. The van der Waals surface area contributed by atoms with Crippen molar-refractivity contribution in [3.05, 3.63) is 62.1 Å². The third kappa shape index (κ3) is 4.00. The molecule has 0 saturated carbocycles. The van der Waals surface area contributed by atoms with Crippen LogP contribution in [-0.4, -0.2) is 31.5 Å². The summed E-state index contributed by atoms with van der Waals surface area (Å²) in [5, 5.41) is 13.6. The van der Waals surface area contributed by atoms with Gasteiger partial charge in [-0.15, -0.1) is 0 Å². The van der Waals surface area contributed by atoms with E-state index in [1.54, 1.807) is 0 Å². The van der Waals surface area contributed by atoms with E-state index >= 15 is 0 Å². The largest absolute Gasteiger partial charge is 0.321 e. The summed E-state index contributed by atoms with van der Waals surface area (Å²) in [6.07, 6.45) is 0.536. The summed E-state index contributed by atoms with van der Waals surface area (Å²) in [5.74, 6) is -0.531. The number of nitrogens with zero attached hydrogens (tertiary/aromatic N) is 2. The predicted molar refractivity (Wildman–Crippen MR) is 103 cm³/mol. The summed E-state index contributed by atoms with van der Waals surface area (Å²) in [6.45, 7) is 0.374. The van der Waals surface area contributed by atoms with Crippen LogP contribution in [0.1, 0.15) is 16.8 Å². The molecule has 0 atom stereocenters. The molecule has 3 rings (SSSR count). The average Bonchev–Trinajstić information content (AvgIpc) is 2.96. The van der Waals surface area contributed by atoms with E-state index in [-0.39, 0.29) is 32.7 Å². The minimum absolute atomic E-state index is 0.0355. The fraction of sp³-hybridized carbons (Fsp3) is 0.188. The van der Waals surface area contributed by atoms with Gasteiger partial charge in [0.1, 0.15) is 5.02 Å². The molecule has 8 nitrogen and oxygen atoms in total. The number of hydrogen-bond donors (Lipinski definition) is 1. The lowest BCUT2D eigenvalue weighted by atomic mass is 10.2. The van der Waals surface area contributed by atoms with Crippen LogP contribution in [0, 0.1) is 10.1 Å². The first-order valence-corrected chi connectivity index (χ1v) is 10.1.